The fraction of sp³-hybridized carbons (Fsp3) is 0.200. The number of amides is 1. The quantitative estimate of drug-likeness (QED) is 0.0972. The third kappa shape index (κ3) is 5.19. The van der Waals surface area contributed by atoms with Crippen LogP contribution in [0.5, 0.6) is 11.5 Å². The molecule has 12 heteroatoms. The van der Waals surface area contributed by atoms with Gasteiger partial charge in [0.2, 0.25) is 5.13 Å². The van der Waals surface area contributed by atoms with Gasteiger partial charge in [0.05, 0.1) is 11.6 Å². The topological polar surface area (TPSA) is 105 Å². The van der Waals surface area contributed by atoms with Gasteiger partial charge in [-0.1, -0.05) is 53.4 Å². The highest BCUT2D eigenvalue weighted by molar-refractivity contribution is 8.00. The molecule has 0 spiro atoms. The van der Waals surface area contributed by atoms with Crippen molar-refractivity contribution in [2.75, 3.05) is 37.1 Å². The predicted molar refractivity (Wildman–Crippen MR) is 159 cm³/mol. The maximum Gasteiger partial charge on any atom is 0.301 e. The van der Waals surface area contributed by atoms with Crippen LogP contribution in [0.25, 0.3) is 5.76 Å². The summed E-state index contributed by atoms with van der Waals surface area (Å²) in [4.78, 5) is 30.3. The van der Waals surface area contributed by atoms with Crippen molar-refractivity contribution >= 4 is 51.4 Å². The Bertz CT molecular complexity index is 1710. The van der Waals surface area contributed by atoms with Gasteiger partial charge in [-0.25, -0.2) is 4.39 Å². The zero-order valence-electron chi connectivity index (χ0n) is 22.6. The molecule has 0 bridgehead atoms. The fourth-order valence-electron chi connectivity index (χ4n) is 4.76. The van der Waals surface area contributed by atoms with Crippen LogP contribution < -0.4 is 19.3 Å². The van der Waals surface area contributed by atoms with E-state index in [4.69, 9.17) is 9.47 Å². The fourth-order valence-corrected chi connectivity index (χ4v) is 6.61. The van der Waals surface area contributed by atoms with Crippen LogP contribution in [-0.4, -0.2) is 54.3 Å². The van der Waals surface area contributed by atoms with Gasteiger partial charge in [-0.2, -0.15) is 0 Å². The van der Waals surface area contributed by atoms with E-state index in [2.05, 4.69) is 10.2 Å². The smallest absolute Gasteiger partial charge is 0.301 e. The van der Waals surface area contributed by atoms with Crippen molar-refractivity contribution in [2.24, 2.45) is 0 Å². The number of Topliss-reactive ketones (excluding diaryl/α,β-unsaturated/α-hetero) is 1. The number of aliphatic hydroxyl groups is 1. The van der Waals surface area contributed by atoms with Gasteiger partial charge >= 0.3 is 5.91 Å². The number of ether oxygens (including phenoxy) is 2. The number of thioether (sulfide) groups is 1. The zero-order valence-corrected chi connectivity index (χ0v) is 24.2. The molecule has 1 fully saturated rings. The second-order valence-electron chi connectivity index (χ2n) is 9.74. The standard InChI is InChI=1S/C30H25FN4O5S2/c1-34(2)20-10-7-17(8-11-20)25-24(26(36)18-9-12-22-23(15-18)40-14-13-39-22)27(37)28(38)35(25)29-32-33-30(42-29)41-16-19-5-3-4-6-21(19)31/h3-12,15,25,36H,13-14,16H2,1-2H3. The van der Waals surface area contributed by atoms with E-state index >= 15 is 0 Å². The predicted octanol–water partition coefficient (Wildman–Crippen LogP) is 5.43. The first-order valence-corrected chi connectivity index (χ1v) is 14.8. The van der Waals surface area contributed by atoms with Crippen molar-refractivity contribution < 1.29 is 28.6 Å². The van der Waals surface area contributed by atoms with E-state index in [0.29, 0.717) is 51.5 Å². The van der Waals surface area contributed by atoms with Crippen LogP contribution in [0, 0.1) is 5.82 Å². The Morgan fingerprint density at radius 1 is 1.05 bits per heavy atom. The number of carbonyl (C=O) groups is 2. The van der Waals surface area contributed by atoms with Crippen LogP contribution in [0.4, 0.5) is 15.2 Å². The Hall–Kier alpha value is -4.42. The minimum atomic E-state index is -0.966. The molecule has 1 N–H and O–H groups in total. The molecule has 214 valence electrons. The number of carbonyl (C=O) groups excluding carboxylic acids is 2. The first kappa shape index (κ1) is 27.7. The number of ketones is 1. The Kier molecular flexibility index (Phi) is 7.56. The average molecular weight is 605 g/mol. The maximum absolute atomic E-state index is 14.1. The summed E-state index contributed by atoms with van der Waals surface area (Å²) in [5.74, 6) is -1.05. The first-order chi connectivity index (χ1) is 20.3. The minimum Gasteiger partial charge on any atom is -0.507 e. The van der Waals surface area contributed by atoms with Crippen LogP contribution >= 0.6 is 23.1 Å². The highest BCUT2D eigenvalue weighted by Gasteiger charge is 2.48. The molecule has 1 amide bonds. The zero-order chi connectivity index (χ0) is 29.4. The molecule has 1 aromatic heterocycles. The molecule has 3 aromatic carbocycles. The molecule has 0 aliphatic carbocycles. The van der Waals surface area contributed by atoms with Gasteiger partial charge in [-0.15, -0.1) is 10.2 Å². The molecule has 2 aliphatic rings. The van der Waals surface area contributed by atoms with Gasteiger partial charge < -0.3 is 19.5 Å². The summed E-state index contributed by atoms with van der Waals surface area (Å²) in [7, 11) is 3.81. The molecular weight excluding hydrogens is 579 g/mol. The summed E-state index contributed by atoms with van der Waals surface area (Å²) >= 11 is 2.40. The molecule has 6 rings (SSSR count). The van der Waals surface area contributed by atoms with E-state index in [1.54, 1.807) is 36.4 Å². The number of fused-ring (bicyclic) bond motifs is 1. The van der Waals surface area contributed by atoms with Crippen molar-refractivity contribution in [2.45, 2.75) is 16.1 Å². The number of aliphatic hydroxyl groups excluding tert-OH is 1. The highest BCUT2D eigenvalue weighted by Crippen LogP contribution is 2.45. The normalized spacial score (nSPS) is 17.5. The molecule has 0 saturated carbocycles. The summed E-state index contributed by atoms with van der Waals surface area (Å²) in [5.41, 5.74) is 2.27. The number of halogens is 1. The molecule has 3 heterocycles. The first-order valence-electron chi connectivity index (χ1n) is 13.0. The van der Waals surface area contributed by atoms with Crippen molar-refractivity contribution in [1.82, 2.24) is 10.2 Å². The van der Waals surface area contributed by atoms with Crippen LogP contribution in [0.3, 0.4) is 0 Å². The summed E-state index contributed by atoms with van der Waals surface area (Å²) in [5, 5.41) is 20.1. The SMILES string of the molecule is CN(C)c1ccc(C2C(=C(O)c3ccc4c(c3)OCCO4)C(=O)C(=O)N2c2nnc(SCc3ccccc3F)s2)cc1. The Labute approximate surface area is 249 Å². The second-order valence-corrected chi connectivity index (χ2v) is 11.9. The van der Waals surface area contributed by atoms with Crippen molar-refractivity contribution in [3.63, 3.8) is 0 Å². The molecule has 0 radical (unpaired) electrons. The van der Waals surface area contributed by atoms with Gasteiger partial charge in [-0.3, -0.25) is 14.5 Å². The van der Waals surface area contributed by atoms with E-state index in [1.807, 2.05) is 43.3 Å². The lowest BCUT2D eigenvalue weighted by Crippen LogP contribution is -2.29. The van der Waals surface area contributed by atoms with Gasteiger partial charge in [0.1, 0.15) is 24.8 Å². The lowest BCUT2D eigenvalue weighted by molar-refractivity contribution is -0.132. The van der Waals surface area contributed by atoms with Crippen molar-refractivity contribution in [3.8, 4) is 11.5 Å². The molecule has 2 aliphatic heterocycles. The molecule has 9 nitrogen and oxygen atoms in total. The monoisotopic (exact) mass is 604 g/mol. The minimum absolute atomic E-state index is 0.0787. The molecule has 42 heavy (non-hydrogen) atoms. The van der Waals surface area contributed by atoms with E-state index < -0.39 is 17.7 Å². The average Bonchev–Trinajstić information content (AvgIpc) is 3.57. The van der Waals surface area contributed by atoms with Crippen LogP contribution in [0.15, 0.2) is 76.6 Å². The Morgan fingerprint density at radius 2 is 1.79 bits per heavy atom. The van der Waals surface area contributed by atoms with Gasteiger partial charge in [0.25, 0.3) is 5.78 Å². The number of benzene rings is 3. The highest BCUT2D eigenvalue weighted by atomic mass is 32.2. The maximum atomic E-state index is 14.1. The molecular formula is C30H25FN4O5S2. The Morgan fingerprint density at radius 3 is 2.52 bits per heavy atom. The van der Waals surface area contributed by atoms with Crippen LogP contribution in [0.1, 0.15) is 22.7 Å². The van der Waals surface area contributed by atoms with Crippen molar-refractivity contribution in [1.29, 1.82) is 0 Å². The van der Waals surface area contributed by atoms with Crippen molar-refractivity contribution in [3.05, 3.63) is 94.8 Å². The number of nitrogens with zero attached hydrogens (tertiary/aromatic N) is 4. The number of rotatable bonds is 7. The summed E-state index contributed by atoms with van der Waals surface area (Å²) in [6, 6.07) is 17.7. The number of hydrogen-bond acceptors (Lipinski definition) is 10. The second kappa shape index (κ2) is 11.5. The largest absolute Gasteiger partial charge is 0.507 e. The molecule has 4 aromatic rings. The summed E-state index contributed by atoms with van der Waals surface area (Å²) in [6.07, 6.45) is 0. The van der Waals surface area contributed by atoms with Crippen LogP contribution in [0.2, 0.25) is 0 Å². The third-order valence-corrected chi connectivity index (χ3v) is 9.00. The van der Waals surface area contributed by atoms with Gasteiger partial charge in [-0.05, 0) is 47.5 Å². The van der Waals surface area contributed by atoms with Gasteiger partial charge in [0, 0.05) is 31.1 Å². The number of aromatic nitrogens is 2. The third-order valence-electron chi connectivity index (χ3n) is 6.90. The molecule has 1 unspecified atom stereocenters. The number of hydrogen-bond donors (Lipinski definition) is 1. The summed E-state index contributed by atoms with van der Waals surface area (Å²) < 4.78 is 25.9. The number of anilines is 2. The van der Waals surface area contributed by atoms with Gasteiger partial charge in [0.15, 0.2) is 15.8 Å². The molecule has 1 saturated heterocycles. The summed E-state index contributed by atoms with van der Waals surface area (Å²) in [6.45, 7) is 0.767. The Balaban J connectivity index is 1.40. The van der Waals surface area contributed by atoms with E-state index in [0.717, 1.165) is 17.0 Å². The van der Waals surface area contributed by atoms with Crippen LogP contribution in [-0.2, 0) is 15.3 Å². The lowest BCUT2D eigenvalue weighted by atomic mass is 9.95. The van der Waals surface area contributed by atoms with E-state index in [9.17, 15) is 19.1 Å². The molecule has 1 atom stereocenters. The lowest BCUT2D eigenvalue weighted by Gasteiger charge is -2.23. The van der Waals surface area contributed by atoms with E-state index in [-0.39, 0.29) is 22.3 Å². The van der Waals surface area contributed by atoms with E-state index in [1.165, 1.54) is 22.7 Å².